The van der Waals surface area contributed by atoms with Crippen LogP contribution < -0.4 is 5.73 Å². The molecule has 19 heavy (non-hydrogen) atoms. The molecule has 2 N–H and O–H groups in total. The fraction of sp³-hybridized carbons (Fsp3) is 0.769. The van der Waals surface area contributed by atoms with Gasteiger partial charge in [0.2, 0.25) is 0 Å². The van der Waals surface area contributed by atoms with Crippen LogP contribution >= 0.6 is 0 Å². The minimum atomic E-state index is -2.76. The molecular weight excluding hydrogens is 262 g/mol. The molecule has 1 saturated heterocycles. The van der Waals surface area contributed by atoms with Crippen molar-refractivity contribution in [2.45, 2.75) is 44.7 Å². The van der Waals surface area contributed by atoms with Crippen LogP contribution in [0.4, 0.5) is 0 Å². The van der Waals surface area contributed by atoms with Crippen LogP contribution in [0.25, 0.3) is 0 Å². The van der Waals surface area contributed by atoms with E-state index in [0.29, 0.717) is 17.4 Å². The maximum atomic E-state index is 11.4. The third-order valence-corrected chi connectivity index (χ3v) is 5.98. The highest BCUT2D eigenvalue weighted by atomic mass is 32.2. The molecule has 0 aromatic carbocycles. The summed E-state index contributed by atoms with van der Waals surface area (Å²) in [5, 5.41) is 0. The van der Waals surface area contributed by atoms with Crippen LogP contribution in [-0.4, -0.2) is 35.5 Å². The van der Waals surface area contributed by atoms with Gasteiger partial charge in [0.25, 0.3) is 0 Å². The monoisotopic (exact) mass is 283 g/mol. The first-order valence-electron chi connectivity index (χ1n) is 7.03. The molecule has 6 heteroatoms. The van der Waals surface area contributed by atoms with Crippen LogP contribution in [0, 0.1) is 5.92 Å². The van der Waals surface area contributed by atoms with Gasteiger partial charge in [-0.25, -0.2) is 13.4 Å². The first kappa shape index (κ1) is 13.1. The van der Waals surface area contributed by atoms with Crippen molar-refractivity contribution in [2.75, 3.05) is 11.5 Å². The summed E-state index contributed by atoms with van der Waals surface area (Å²) >= 11 is 0. The molecule has 0 bridgehead atoms. The van der Waals surface area contributed by atoms with E-state index in [9.17, 15) is 8.42 Å². The summed E-state index contributed by atoms with van der Waals surface area (Å²) in [5.41, 5.74) is 7.06. The Hall–Kier alpha value is -0.880. The van der Waals surface area contributed by atoms with E-state index >= 15 is 0 Å². The molecule has 1 aromatic rings. The Morgan fingerprint density at radius 3 is 2.79 bits per heavy atom. The molecule has 1 fully saturated rings. The maximum Gasteiger partial charge on any atom is 0.150 e. The number of hydrogen-bond donors (Lipinski definition) is 1. The van der Waals surface area contributed by atoms with Gasteiger partial charge in [0.05, 0.1) is 17.2 Å². The van der Waals surface area contributed by atoms with E-state index < -0.39 is 9.84 Å². The smallest absolute Gasteiger partial charge is 0.150 e. The number of aryl methyl sites for hydroxylation is 1. The second kappa shape index (κ2) is 4.90. The molecule has 1 aromatic heterocycles. The average Bonchev–Trinajstić information content (AvgIpc) is 2.73. The Labute approximate surface area is 114 Å². The molecule has 3 rings (SSSR count). The summed E-state index contributed by atoms with van der Waals surface area (Å²) in [7, 11) is -2.76. The highest BCUT2D eigenvalue weighted by Crippen LogP contribution is 2.23. The fourth-order valence-corrected chi connectivity index (χ4v) is 4.64. The van der Waals surface area contributed by atoms with Crippen LogP contribution in [0.15, 0.2) is 6.20 Å². The van der Waals surface area contributed by atoms with Gasteiger partial charge in [0, 0.05) is 25.2 Å². The van der Waals surface area contributed by atoms with Gasteiger partial charge < -0.3 is 10.3 Å². The number of hydrogen-bond acceptors (Lipinski definition) is 4. The Bertz CT molecular complexity index is 550. The molecule has 3 heterocycles. The summed E-state index contributed by atoms with van der Waals surface area (Å²) in [6.45, 7) is 0.961. The molecule has 1 atom stereocenters. The van der Waals surface area contributed by atoms with E-state index in [2.05, 4.69) is 15.7 Å². The first-order valence-corrected chi connectivity index (χ1v) is 8.85. The van der Waals surface area contributed by atoms with Gasteiger partial charge in [-0.2, -0.15) is 0 Å². The third kappa shape index (κ3) is 3.00. The molecule has 0 radical (unpaired) electrons. The summed E-state index contributed by atoms with van der Waals surface area (Å²) in [5.74, 6) is 2.25. The zero-order valence-electron chi connectivity index (χ0n) is 11.1. The minimum absolute atomic E-state index is 0.238. The van der Waals surface area contributed by atoms with Crippen LogP contribution in [0.3, 0.4) is 0 Å². The number of fused-ring (bicyclic) bond motifs is 1. The van der Waals surface area contributed by atoms with Gasteiger partial charge in [-0.15, -0.1) is 0 Å². The van der Waals surface area contributed by atoms with Gasteiger partial charge in [0.15, 0.2) is 0 Å². The van der Waals surface area contributed by atoms with Crippen molar-refractivity contribution < 1.29 is 8.42 Å². The highest BCUT2D eigenvalue weighted by Gasteiger charge is 2.25. The Balaban J connectivity index is 1.65. The standard InChI is InChI=1S/C13H21N3O2S/c14-11-1-4-16-9-12(15-13(16)8-11)7-10-2-5-19(17,18)6-3-10/h9-11H,1-8,14H2. The second-order valence-corrected chi connectivity index (χ2v) is 8.20. The molecule has 106 valence electrons. The van der Waals surface area contributed by atoms with Crippen molar-refractivity contribution in [3.63, 3.8) is 0 Å². The van der Waals surface area contributed by atoms with E-state index in [4.69, 9.17) is 5.73 Å². The molecule has 5 nitrogen and oxygen atoms in total. The summed E-state index contributed by atoms with van der Waals surface area (Å²) < 4.78 is 25.0. The molecule has 1 unspecified atom stereocenters. The van der Waals surface area contributed by atoms with Crippen LogP contribution in [-0.2, 0) is 29.2 Å². The Kier molecular flexibility index (Phi) is 3.39. The van der Waals surface area contributed by atoms with Crippen molar-refractivity contribution in [1.82, 2.24) is 9.55 Å². The zero-order valence-corrected chi connectivity index (χ0v) is 11.9. The second-order valence-electron chi connectivity index (χ2n) is 5.89. The molecule has 0 spiro atoms. The van der Waals surface area contributed by atoms with Crippen LogP contribution in [0.2, 0.25) is 0 Å². The van der Waals surface area contributed by atoms with Crippen LogP contribution in [0.5, 0.6) is 0 Å². The van der Waals surface area contributed by atoms with Gasteiger partial charge in [-0.1, -0.05) is 0 Å². The lowest BCUT2D eigenvalue weighted by Gasteiger charge is -2.20. The topological polar surface area (TPSA) is 78.0 Å². The van der Waals surface area contributed by atoms with E-state index in [0.717, 1.165) is 50.2 Å². The Morgan fingerprint density at radius 2 is 2.05 bits per heavy atom. The number of nitrogens with two attached hydrogens (primary N) is 1. The van der Waals surface area contributed by atoms with Gasteiger partial charge in [-0.3, -0.25) is 0 Å². The van der Waals surface area contributed by atoms with Crippen LogP contribution in [0.1, 0.15) is 30.8 Å². The van der Waals surface area contributed by atoms with Crippen molar-refractivity contribution in [2.24, 2.45) is 11.7 Å². The van der Waals surface area contributed by atoms with E-state index in [1.165, 1.54) is 0 Å². The summed E-state index contributed by atoms with van der Waals surface area (Å²) in [6, 6.07) is 0.238. The SMILES string of the molecule is NC1CCn2cc(CC3CCS(=O)(=O)CC3)nc2C1. The Morgan fingerprint density at radius 1 is 1.32 bits per heavy atom. The average molecular weight is 283 g/mol. The van der Waals surface area contributed by atoms with Crippen molar-refractivity contribution in [3.8, 4) is 0 Å². The predicted octanol–water partition coefficient (Wildman–Crippen LogP) is 0.524. The normalized spacial score (nSPS) is 27.1. The minimum Gasteiger partial charge on any atom is -0.335 e. The van der Waals surface area contributed by atoms with Crippen molar-refractivity contribution in [1.29, 1.82) is 0 Å². The maximum absolute atomic E-state index is 11.4. The van der Waals surface area contributed by atoms with E-state index in [1.807, 2.05) is 0 Å². The van der Waals surface area contributed by atoms with Crippen molar-refractivity contribution >= 4 is 9.84 Å². The number of rotatable bonds is 2. The van der Waals surface area contributed by atoms with Gasteiger partial charge in [0.1, 0.15) is 15.7 Å². The zero-order chi connectivity index (χ0) is 13.5. The fourth-order valence-electron chi connectivity index (χ4n) is 3.05. The lowest BCUT2D eigenvalue weighted by Crippen LogP contribution is -2.30. The number of nitrogens with zero attached hydrogens (tertiary/aromatic N) is 2. The lowest BCUT2D eigenvalue weighted by molar-refractivity contribution is 0.459. The van der Waals surface area contributed by atoms with Crippen molar-refractivity contribution in [3.05, 3.63) is 17.7 Å². The summed E-state index contributed by atoms with van der Waals surface area (Å²) in [4.78, 5) is 4.67. The molecular formula is C13H21N3O2S. The molecule has 0 aliphatic carbocycles. The quantitative estimate of drug-likeness (QED) is 0.858. The molecule has 2 aliphatic heterocycles. The number of aromatic nitrogens is 2. The lowest BCUT2D eigenvalue weighted by atomic mass is 9.97. The first-order chi connectivity index (χ1) is 9.02. The van der Waals surface area contributed by atoms with Gasteiger partial charge in [-0.05, 0) is 31.6 Å². The highest BCUT2D eigenvalue weighted by molar-refractivity contribution is 7.91. The molecule has 0 amide bonds. The predicted molar refractivity (Wildman–Crippen MR) is 73.6 cm³/mol. The van der Waals surface area contributed by atoms with E-state index in [1.54, 1.807) is 0 Å². The third-order valence-electron chi connectivity index (χ3n) is 4.27. The number of sulfone groups is 1. The number of imidazole rings is 1. The summed E-state index contributed by atoms with van der Waals surface area (Å²) in [6.07, 6.45) is 6.48. The largest absolute Gasteiger partial charge is 0.335 e. The molecule has 2 aliphatic rings. The molecule has 0 saturated carbocycles. The van der Waals surface area contributed by atoms with E-state index in [-0.39, 0.29) is 6.04 Å². The van der Waals surface area contributed by atoms with Gasteiger partial charge >= 0.3 is 0 Å².